The third-order valence-electron chi connectivity index (χ3n) is 2.87. The van der Waals surface area contributed by atoms with Gasteiger partial charge in [0.05, 0.1) is 11.9 Å². The first-order valence-electron chi connectivity index (χ1n) is 5.72. The summed E-state index contributed by atoms with van der Waals surface area (Å²) in [5.74, 6) is 0. The van der Waals surface area contributed by atoms with Crippen molar-refractivity contribution in [3.63, 3.8) is 0 Å². The topological polar surface area (TPSA) is 40.7 Å². The number of H-pyrrole nitrogens is 1. The lowest BCUT2D eigenvalue weighted by atomic mass is 10.1. The second-order valence-corrected chi connectivity index (χ2v) is 5.02. The number of aromatic nitrogens is 2. The smallest absolute Gasteiger partial charge is 0.0540 e. The molecular formula is C14H12BrN3. The van der Waals surface area contributed by atoms with E-state index in [1.165, 1.54) is 16.5 Å². The number of hydrogen-bond donors (Lipinski definition) is 2. The van der Waals surface area contributed by atoms with Crippen LogP contribution in [0.5, 0.6) is 0 Å². The summed E-state index contributed by atoms with van der Waals surface area (Å²) in [6, 6.07) is 10.4. The molecule has 0 bridgehead atoms. The van der Waals surface area contributed by atoms with Crippen molar-refractivity contribution in [1.29, 1.82) is 0 Å². The second-order valence-electron chi connectivity index (χ2n) is 4.10. The summed E-state index contributed by atoms with van der Waals surface area (Å²) in [6.07, 6.45) is 5.56. The highest BCUT2D eigenvalue weighted by Gasteiger charge is 2.01. The van der Waals surface area contributed by atoms with Crippen molar-refractivity contribution in [2.24, 2.45) is 0 Å². The van der Waals surface area contributed by atoms with Gasteiger partial charge in [-0.2, -0.15) is 0 Å². The Labute approximate surface area is 113 Å². The van der Waals surface area contributed by atoms with Gasteiger partial charge in [-0.05, 0) is 39.7 Å². The Balaban J connectivity index is 1.83. The third-order valence-corrected chi connectivity index (χ3v) is 3.31. The molecule has 0 saturated carbocycles. The lowest BCUT2D eigenvalue weighted by molar-refractivity contribution is 1.15. The van der Waals surface area contributed by atoms with Crippen LogP contribution in [0.3, 0.4) is 0 Å². The molecule has 3 rings (SSSR count). The number of halogens is 1. The minimum absolute atomic E-state index is 0.785. The Hall–Kier alpha value is -1.81. The summed E-state index contributed by atoms with van der Waals surface area (Å²) < 4.78 is 0.979. The Morgan fingerprint density at radius 3 is 3.06 bits per heavy atom. The van der Waals surface area contributed by atoms with Crippen LogP contribution in [0.15, 0.2) is 53.4 Å². The highest BCUT2D eigenvalue weighted by Crippen LogP contribution is 2.19. The van der Waals surface area contributed by atoms with Crippen molar-refractivity contribution < 1.29 is 0 Å². The van der Waals surface area contributed by atoms with E-state index in [2.05, 4.69) is 55.5 Å². The first-order chi connectivity index (χ1) is 8.83. The molecule has 4 heteroatoms. The first kappa shape index (κ1) is 11.3. The molecule has 0 aliphatic rings. The average Bonchev–Trinajstić information content (AvgIpc) is 2.85. The van der Waals surface area contributed by atoms with E-state index >= 15 is 0 Å². The lowest BCUT2D eigenvalue weighted by Gasteiger charge is -2.07. The van der Waals surface area contributed by atoms with Gasteiger partial charge in [0.25, 0.3) is 0 Å². The number of nitrogens with one attached hydrogen (secondary N) is 2. The fraction of sp³-hybridized carbons (Fsp3) is 0.0714. The molecule has 0 fully saturated rings. The number of fused-ring (bicyclic) bond motifs is 1. The van der Waals surface area contributed by atoms with Gasteiger partial charge in [-0.25, -0.2) is 0 Å². The molecule has 2 N–H and O–H groups in total. The first-order valence-corrected chi connectivity index (χ1v) is 6.51. The fourth-order valence-electron chi connectivity index (χ4n) is 2.01. The molecule has 0 amide bonds. The minimum Gasteiger partial charge on any atom is -0.380 e. The normalized spacial score (nSPS) is 10.7. The summed E-state index contributed by atoms with van der Waals surface area (Å²) in [5.41, 5.74) is 3.45. The van der Waals surface area contributed by atoms with Crippen LogP contribution in [0, 0.1) is 0 Å². The Kier molecular flexibility index (Phi) is 3.02. The molecule has 2 heterocycles. The van der Waals surface area contributed by atoms with Crippen LogP contribution in [-0.2, 0) is 6.54 Å². The zero-order valence-corrected chi connectivity index (χ0v) is 11.2. The van der Waals surface area contributed by atoms with E-state index in [1.807, 2.05) is 18.5 Å². The predicted octanol–water partition coefficient (Wildman–Crippen LogP) is 3.94. The zero-order chi connectivity index (χ0) is 12.4. The molecule has 3 aromatic rings. The fourth-order valence-corrected chi connectivity index (χ4v) is 2.38. The van der Waals surface area contributed by atoms with Crippen LogP contribution in [0.2, 0.25) is 0 Å². The molecule has 1 aromatic carbocycles. The number of benzene rings is 1. The number of aromatic amines is 1. The van der Waals surface area contributed by atoms with Crippen LogP contribution in [0.25, 0.3) is 10.9 Å². The van der Waals surface area contributed by atoms with Gasteiger partial charge in [0.1, 0.15) is 0 Å². The third kappa shape index (κ3) is 2.24. The van der Waals surface area contributed by atoms with Gasteiger partial charge in [0.2, 0.25) is 0 Å². The van der Waals surface area contributed by atoms with Crippen LogP contribution in [0.4, 0.5) is 5.69 Å². The molecule has 2 aromatic heterocycles. The van der Waals surface area contributed by atoms with E-state index in [0.717, 1.165) is 16.7 Å². The van der Waals surface area contributed by atoms with Gasteiger partial charge in [-0.15, -0.1) is 0 Å². The molecule has 0 atom stereocenters. The lowest BCUT2D eigenvalue weighted by Crippen LogP contribution is -2.00. The molecule has 0 aliphatic carbocycles. The van der Waals surface area contributed by atoms with Crippen molar-refractivity contribution in [3.05, 3.63) is 59.0 Å². The van der Waals surface area contributed by atoms with Crippen LogP contribution in [0.1, 0.15) is 5.56 Å². The predicted molar refractivity (Wildman–Crippen MR) is 77.6 cm³/mol. The molecule has 0 spiro atoms. The highest BCUT2D eigenvalue weighted by molar-refractivity contribution is 9.10. The van der Waals surface area contributed by atoms with Crippen molar-refractivity contribution in [2.75, 3.05) is 5.32 Å². The van der Waals surface area contributed by atoms with Gasteiger partial charge in [-0.1, -0.05) is 12.1 Å². The number of rotatable bonds is 3. The second kappa shape index (κ2) is 4.82. The van der Waals surface area contributed by atoms with Crippen LogP contribution < -0.4 is 5.32 Å². The van der Waals surface area contributed by atoms with E-state index in [9.17, 15) is 0 Å². The molecule has 0 saturated heterocycles. The Bertz CT molecular complexity index is 675. The largest absolute Gasteiger partial charge is 0.380 e. The number of hydrogen-bond acceptors (Lipinski definition) is 2. The van der Waals surface area contributed by atoms with E-state index in [4.69, 9.17) is 0 Å². The summed E-state index contributed by atoms with van der Waals surface area (Å²) >= 11 is 3.41. The maximum absolute atomic E-state index is 4.13. The van der Waals surface area contributed by atoms with Gasteiger partial charge in [0, 0.05) is 34.3 Å². The highest BCUT2D eigenvalue weighted by atomic mass is 79.9. The molecule has 0 radical (unpaired) electrons. The molecule has 90 valence electrons. The maximum atomic E-state index is 4.13. The summed E-state index contributed by atoms with van der Waals surface area (Å²) in [4.78, 5) is 7.35. The van der Waals surface area contributed by atoms with Crippen molar-refractivity contribution in [3.8, 4) is 0 Å². The van der Waals surface area contributed by atoms with E-state index < -0.39 is 0 Å². The zero-order valence-electron chi connectivity index (χ0n) is 9.65. The minimum atomic E-state index is 0.785. The van der Waals surface area contributed by atoms with Crippen molar-refractivity contribution in [1.82, 2.24) is 9.97 Å². The standard InChI is InChI=1S/C14H12BrN3/c15-11-6-12(9-16-8-11)18-7-10-2-1-3-14-13(10)4-5-17-14/h1-6,8-9,17-18H,7H2. The van der Waals surface area contributed by atoms with Gasteiger partial charge < -0.3 is 10.3 Å². The van der Waals surface area contributed by atoms with E-state index in [-0.39, 0.29) is 0 Å². The number of anilines is 1. The monoisotopic (exact) mass is 301 g/mol. The van der Waals surface area contributed by atoms with Crippen LogP contribution >= 0.6 is 15.9 Å². The van der Waals surface area contributed by atoms with Crippen LogP contribution in [-0.4, -0.2) is 9.97 Å². The van der Waals surface area contributed by atoms with Gasteiger partial charge in [-0.3, -0.25) is 4.98 Å². The molecular weight excluding hydrogens is 290 g/mol. The molecule has 18 heavy (non-hydrogen) atoms. The summed E-state index contributed by atoms with van der Waals surface area (Å²) in [6.45, 7) is 0.785. The number of nitrogens with zero attached hydrogens (tertiary/aromatic N) is 1. The Morgan fingerprint density at radius 2 is 2.17 bits per heavy atom. The van der Waals surface area contributed by atoms with E-state index in [0.29, 0.717) is 0 Å². The summed E-state index contributed by atoms with van der Waals surface area (Å²) in [5, 5.41) is 4.63. The summed E-state index contributed by atoms with van der Waals surface area (Å²) in [7, 11) is 0. The number of pyridine rings is 1. The molecule has 3 nitrogen and oxygen atoms in total. The average molecular weight is 302 g/mol. The van der Waals surface area contributed by atoms with Gasteiger partial charge >= 0.3 is 0 Å². The van der Waals surface area contributed by atoms with E-state index in [1.54, 1.807) is 6.20 Å². The molecule has 0 unspecified atom stereocenters. The van der Waals surface area contributed by atoms with Gasteiger partial charge in [0.15, 0.2) is 0 Å². The molecule has 0 aliphatic heterocycles. The SMILES string of the molecule is Brc1cncc(NCc2cccc3[nH]ccc23)c1. The van der Waals surface area contributed by atoms with Crippen molar-refractivity contribution >= 4 is 32.5 Å². The van der Waals surface area contributed by atoms with Crippen molar-refractivity contribution in [2.45, 2.75) is 6.54 Å². The quantitative estimate of drug-likeness (QED) is 0.769. The Morgan fingerprint density at radius 1 is 1.22 bits per heavy atom. The maximum Gasteiger partial charge on any atom is 0.0540 e.